The molecule has 4 fully saturated rings. The van der Waals surface area contributed by atoms with Gasteiger partial charge in [-0.3, -0.25) is 9.59 Å². The molecule has 0 unspecified atom stereocenters. The molecule has 0 aromatic heterocycles. The third-order valence-corrected chi connectivity index (χ3v) is 23.4. The summed E-state index contributed by atoms with van der Waals surface area (Å²) in [4.78, 5) is 27.9. The first-order valence-electron chi connectivity index (χ1n) is 19.7. The first-order valence-corrected chi connectivity index (χ1v) is 23.8. The second-order valence-electron chi connectivity index (χ2n) is 15.5. The van der Waals surface area contributed by atoms with E-state index in [2.05, 4.69) is 60.7 Å². The van der Waals surface area contributed by atoms with E-state index in [9.17, 15) is 9.59 Å². The number of rotatable bonds is 12. The highest BCUT2D eigenvalue weighted by molar-refractivity contribution is 6.90. The Balaban J connectivity index is 1.18. The van der Waals surface area contributed by atoms with Crippen molar-refractivity contribution in [3.05, 3.63) is 60.7 Å². The van der Waals surface area contributed by atoms with Gasteiger partial charge in [-0.25, -0.2) is 0 Å². The van der Waals surface area contributed by atoms with Crippen LogP contribution in [0.15, 0.2) is 60.7 Å². The molecule has 0 spiro atoms. The molecule has 6 rings (SSSR count). The van der Waals surface area contributed by atoms with Crippen LogP contribution in [0.3, 0.4) is 0 Å². The van der Waals surface area contributed by atoms with Gasteiger partial charge in [-0.05, 0) is 90.3 Å². The van der Waals surface area contributed by atoms with Gasteiger partial charge in [0, 0.05) is 12.8 Å². The Kier molecular flexibility index (Phi) is 12.5. The van der Waals surface area contributed by atoms with Crippen LogP contribution >= 0.6 is 0 Å². The third kappa shape index (κ3) is 8.01. The van der Waals surface area contributed by atoms with E-state index >= 15 is 0 Å². The van der Waals surface area contributed by atoms with E-state index in [1.807, 2.05) is 0 Å². The summed E-state index contributed by atoms with van der Waals surface area (Å²) in [5.74, 6) is -0.147. The molecule has 4 aliphatic rings. The molecular formula is C41H60O4Si2. The lowest BCUT2D eigenvalue weighted by Crippen LogP contribution is -2.60. The highest BCUT2D eigenvalue weighted by Crippen LogP contribution is 2.50. The van der Waals surface area contributed by atoms with Crippen LogP contribution in [0.25, 0.3) is 0 Å². The van der Waals surface area contributed by atoms with Gasteiger partial charge in [-0.15, -0.1) is 0 Å². The van der Waals surface area contributed by atoms with E-state index in [1.54, 1.807) is 0 Å². The van der Waals surface area contributed by atoms with E-state index < -0.39 is 16.6 Å². The number of hydrogen-bond donors (Lipinski definition) is 0. The number of carbonyl (C=O) groups is 2. The molecule has 2 aromatic carbocycles. The summed E-state index contributed by atoms with van der Waals surface area (Å²) in [6.07, 6.45) is 25.8. The smallest absolute Gasteiger partial charge is 0.292 e. The molecule has 6 heteroatoms. The molecular weight excluding hydrogens is 613 g/mol. The molecule has 0 N–H and O–H groups in total. The summed E-state index contributed by atoms with van der Waals surface area (Å²) in [7, 11) is -5.19. The predicted octanol–water partition coefficient (Wildman–Crippen LogP) is 10.3. The molecule has 4 saturated carbocycles. The Hall–Kier alpha value is -2.19. The van der Waals surface area contributed by atoms with Crippen LogP contribution in [-0.2, 0) is 18.4 Å². The normalized spacial score (nSPS) is 21.3. The van der Waals surface area contributed by atoms with Crippen LogP contribution in [0.1, 0.15) is 148 Å². The van der Waals surface area contributed by atoms with Gasteiger partial charge in [-0.1, -0.05) is 138 Å². The maximum atomic E-state index is 14.0. The molecule has 4 nitrogen and oxygen atoms in total. The molecule has 0 aliphatic heterocycles. The first kappa shape index (κ1) is 34.7. The standard InChI is InChI=1S/C41H60O4Si2/c42-40(44-46(34-20-7-1-8-21-34,35-22-9-2-10-23-35)36-24-11-3-12-25-36)32-19-33-41(43)45-47(37-26-13-4-14-27-37,38-28-15-5-16-29-38)39-30-17-6-18-31-39/h1,4,7-8,13-14,20-21,26-27,35-36,38-39H,2-3,5-6,9-12,15-19,22-25,28-33H2. The molecule has 0 heterocycles. The minimum atomic E-state index is -2.60. The summed E-state index contributed by atoms with van der Waals surface area (Å²) in [6.45, 7) is 0. The Morgan fingerprint density at radius 3 is 1.00 bits per heavy atom. The fraction of sp³-hybridized carbons (Fsp3) is 0.659. The Morgan fingerprint density at radius 1 is 0.447 bits per heavy atom. The molecule has 0 atom stereocenters. The van der Waals surface area contributed by atoms with Gasteiger partial charge in [-0.2, -0.15) is 0 Å². The van der Waals surface area contributed by atoms with Gasteiger partial charge < -0.3 is 8.85 Å². The number of hydrogen-bond acceptors (Lipinski definition) is 4. The fourth-order valence-corrected chi connectivity index (χ4v) is 22.0. The Bertz CT molecular complexity index is 1110. The maximum Gasteiger partial charge on any atom is 0.292 e. The molecule has 4 aliphatic carbocycles. The monoisotopic (exact) mass is 672 g/mol. The largest absolute Gasteiger partial charge is 0.514 e. The zero-order valence-corrected chi connectivity index (χ0v) is 31.0. The van der Waals surface area contributed by atoms with E-state index in [4.69, 9.17) is 8.85 Å². The molecule has 256 valence electrons. The van der Waals surface area contributed by atoms with Crippen molar-refractivity contribution in [2.24, 2.45) is 0 Å². The van der Waals surface area contributed by atoms with Crippen LogP contribution in [0, 0.1) is 0 Å². The fourth-order valence-electron chi connectivity index (χ4n) is 10.4. The molecule has 0 radical (unpaired) electrons. The van der Waals surface area contributed by atoms with Crippen LogP contribution in [0.5, 0.6) is 0 Å². The lowest BCUT2D eigenvalue weighted by molar-refractivity contribution is -0.137. The molecule has 0 saturated heterocycles. The summed E-state index contributed by atoms with van der Waals surface area (Å²) in [5, 5.41) is 2.65. The van der Waals surface area contributed by atoms with Gasteiger partial charge in [0.15, 0.2) is 0 Å². The van der Waals surface area contributed by atoms with Crippen molar-refractivity contribution in [2.45, 2.75) is 170 Å². The van der Waals surface area contributed by atoms with Gasteiger partial charge in [0.25, 0.3) is 28.6 Å². The van der Waals surface area contributed by atoms with E-state index in [1.165, 1.54) is 139 Å². The predicted molar refractivity (Wildman–Crippen MR) is 197 cm³/mol. The summed E-state index contributed by atoms with van der Waals surface area (Å²) in [6, 6.07) is 21.8. The highest BCUT2D eigenvalue weighted by Gasteiger charge is 2.55. The van der Waals surface area contributed by atoms with Crippen LogP contribution < -0.4 is 10.4 Å². The van der Waals surface area contributed by atoms with Crippen LogP contribution in [-0.4, -0.2) is 28.6 Å². The molecule has 2 aromatic rings. The first-order chi connectivity index (χ1) is 23.1. The van der Waals surface area contributed by atoms with Crippen LogP contribution in [0.2, 0.25) is 22.2 Å². The van der Waals surface area contributed by atoms with Gasteiger partial charge in [0.05, 0.1) is 0 Å². The highest BCUT2D eigenvalue weighted by atomic mass is 28.4. The van der Waals surface area contributed by atoms with Crippen molar-refractivity contribution in [1.82, 2.24) is 0 Å². The molecule has 0 amide bonds. The summed E-state index contributed by atoms with van der Waals surface area (Å²) >= 11 is 0. The quantitative estimate of drug-likeness (QED) is 0.211. The Labute approximate surface area is 287 Å². The maximum absolute atomic E-state index is 14.0. The van der Waals surface area contributed by atoms with Gasteiger partial charge >= 0.3 is 0 Å². The SMILES string of the molecule is O=C(CCCC(=O)O[Si](c1ccccc1)(C1CCCCC1)C1CCCCC1)O[Si](c1ccccc1)(C1CCCCC1)C1CCCCC1. The van der Waals surface area contributed by atoms with Crippen molar-refractivity contribution >= 4 is 38.9 Å². The van der Waals surface area contributed by atoms with Crippen molar-refractivity contribution in [3.8, 4) is 0 Å². The minimum Gasteiger partial charge on any atom is -0.514 e. The third-order valence-electron chi connectivity index (χ3n) is 12.6. The van der Waals surface area contributed by atoms with Gasteiger partial charge in [0.2, 0.25) is 0 Å². The molecule has 47 heavy (non-hydrogen) atoms. The number of benzene rings is 2. The minimum absolute atomic E-state index is 0.0735. The zero-order valence-electron chi connectivity index (χ0n) is 29.0. The summed E-state index contributed by atoms with van der Waals surface area (Å²) in [5.41, 5.74) is 2.00. The lowest BCUT2D eigenvalue weighted by atomic mass is 9.99. The van der Waals surface area contributed by atoms with E-state index in [0.717, 1.165) is 0 Å². The average molecular weight is 673 g/mol. The van der Waals surface area contributed by atoms with Gasteiger partial charge in [0.1, 0.15) is 0 Å². The van der Waals surface area contributed by atoms with E-state index in [0.29, 0.717) is 41.4 Å². The topological polar surface area (TPSA) is 52.6 Å². The van der Waals surface area contributed by atoms with Crippen molar-refractivity contribution < 1.29 is 18.4 Å². The van der Waals surface area contributed by atoms with Crippen molar-refractivity contribution in [1.29, 1.82) is 0 Å². The van der Waals surface area contributed by atoms with E-state index in [-0.39, 0.29) is 11.9 Å². The van der Waals surface area contributed by atoms with Crippen molar-refractivity contribution in [3.63, 3.8) is 0 Å². The average Bonchev–Trinajstić information content (AvgIpc) is 3.15. The van der Waals surface area contributed by atoms with Crippen LogP contribution in [0.4, 0.5) is 0 Å². The molecule has 0 bridgehead atoms. The zero-order chi connectivity index (χ0) is 32.4. The van der Waals surface area contributed by atoms with Crippen molar-refractivity contribution in [2.75, 3.05) is 0 Å². The number of carbonyl (C=O) groups excluding carboxylic acids is 2. The second-order valence-corrected chi connectivity index (χ2v) is 23.5. The lowest BCUT2D eigenvalue weighted by Gasteiger charge is -2.46. The second kappa shape index (κ2) is 17.0. The Morgan fingerprint density at radius 2 is 0.723 bits per heavy atom. The summed E-state index contributed by atoms with van der Waals surface area (Å²) < 4.78 is 14.0.